The van der Waals surface area contributed by atoms with E-state index in [-0.39, 0.29) is 10.7 Å². The second-order valence-electron chi connectivity index (χ2n) is 6.45. The van der Waals surface area contributed by atoms with E-state index in [1.54, 1.807) is 18.9 Å². The Morgan fingerprint density at radius 2 is 1.93 bits per heavy atom. The predicted molar refractivity (Wildman–Crippen MR) is 104 cm³/mol. The minimum absolute atomic E-state index is 0.0520. The maximum absolute atomic E-state index is 13.2. The largest absolute Gasteiger partial charge is 0.492 e. The highest BCUT2D eigenvalue weighted by atomic mass is 35.5. The zero-order chi connectivity index (χ0) is 20.9. The van der Waals surface area contributed by atoms with Crippen molar-refractivity contribution < 1.29 is 22.7 Å². The number of carbonyl (C=O) groups excluding carboxylic acids is 1. The van der Waals surface area contributed by atoms with Crippen molar-refractivity contribution in [1.82, 2.24) is 4.90 Å². The molecule has 0 bridgehead atoms. The Bertz CT molecular complexity index is 827. The molecule has 2 aromatic carbocycles. The van der Waals surface area contributed by atoms with Gasteiger partial charge in [0.25, 0.3) is 0 Å². The minimum atomic E-state index is -4.62. The smallest absolute Gasteiger partial charge is 0.418 e. The highest BCUT2D eigenvalue weighted by Crippen LogP contribution is 2.36. The molecule has 0 saturated heterocycles. The number of ether oxygens (including phenoxy) is 1. The Hall–Kier alpha value is -2.25. The monoisotopic (exact) mass is 414 g/mol. The molecule has 0 saturated carbocycles. The van der Waals surface area contributed by atoms with Gasteiger partial charge in [0.05, 0.1) is 17.3 Å². The number of anilines is 1. The number of amides is 1. The van der Waals surface area contributed by atoms with E-state index in [4.69, 9.17) is 16.3 Å². The lowest BCUT2D eigenvalue weighted by atomic mass is 10.1. The molecule has 1 N–H and O–H groups in total. The van der Waals surface area contributed by atoms with E-state index < -0.39 is 23.7 Å². The first-order valence-corrected chi connectivity index (χ1v) is 9.03. The van der Waals surface area contributed by atoms with Crippen LogP contribution in [0.15, 0.2) is 42.5 Å². The number of rotatable bonds is 7. The van der Waals surface area contributed by atoms with Gasteiger partial charge in [-0.1, -0.05) is 29.8 Å². The number of nitrogens with zero attached hydrogens (tertiary/aromatic N) is 1. The zero-order valence-electron chi connectivity index (χ0n) is 15.8. The second-order valence-corrected chi connectivity index (χ2v) is 6.88. The first-order chi connectivity index (χ1) is 13.1. The fourth-order valence-electron chi connectivity index (χ4n) is 2.51. The fraction of sp³-hybridized carbons (Fsp3) is 0.350. The predicted octanol–water partition coefficient (Wildman–Crippen LogP) is 5.01. The maximum atomic E-state index is 13.2. The van der Waals surface area contributed by atoms with Gasteiger partial charge in [-0.15, -0.1) is 0 Å². The van der Waals surface area contributed by atoms with Gasteiger partial charge in [-0.25, -0.2) is 0 Å². The Balaban J connectivity index is 1.96. The summed E-state index contributed by atoms with van der Waals surface area (Å²) in [5, 5.41) is 2.29. The van der Waals surface area contributed by atoms with Crippen molar-refractivity contribution in [1.29, 1.82) is 0 Å². The lowest BCUT2D eigenvalue weighted by Crippen LogP contribution is -2.41. The molecule has 1 amide bonds. The summed E-state index contributed by atoms with van der Waals surface area (Å²) in [4.78, 5) is 14.1. The molecule has 1 unspecified atom stereocenters. The molecule has 0 aliphatic rings. The first-order valence-electron chi connectivity index (χ1n) is 8.66. The van der Waals surface area contributed by atoms with Crippen LogP contribution in [0.4, 0.5) is 18.9 Å². The van der Waals surface area contributed by atoms with Crippen LogP contribution in [0.1, 0.15) is 18.1 Å². The SMILES string of the molecule is Cc1ccccc1OCCN(C)C(C)C(=O)Nc1ccc(Cl)cc1C(F)(F)F. The Kier molecular flexibility index (Phi) is 7.32. The van der Waals surface area contributed by atoms with E-state index in [1.807, 2.05) is 31.2 Å². The highest BCUT2D eigenvalue weighted by molar-refractivity contribution is 6.30. The average molecular weight is 415 g/mol. The molecule has 0 aliphatic heterocycles. The van der Waals surface area contributed by atoms with Crippen molar-refractivity contribution in [2.75, 3.05) is 25.5 Å². The lowest BCUT2D eigenvalue weighted by molar-refractivity contribution is -0.137. The molecule has 8 heteroatoms. The summed E-state index contributed by atoms with van der Waals surface area (Å²) in [6.07, 6.45) is -4.62. The number of hydrogen-bond donors (Lipinski definition) is 1. The molecule has 0 spiro atoms. The van der Waals surface area contributed by atoms with Gasteiger partial charge in [-0.3, -0.25) is 9.69 Å². The number of nitrogens with one attached hydrogen (secondary N) is 1. The summed E-state index contributed by atoms with van der Waals surface area (Å²) in [6.45, 7) is 4.31. The van der Waals surface area contributed by atoms with Gasteiger partial charge in [-0.05, 0) is 50.7 Å². The number of hydrogen-bond acceptors (Lipinski definition) is 3. The summed E-state index contributed by atoms with van der Waals surface area (Å²) in [7, 11) is 1.71. The van der Waals surface area contributed by atoms with Gasteiger partial charge in [-0.2, -0.15) is 13.2 Å². The van der Waals surface area contributed by atoms with E-state index in [0.29, 0.717) is 13.2 Å². The van der Waals surface area contributed by atoms with Crippen molar-refractivity contribution in [3.8, 4) is 5.75 Å². The molecular formula is C20H22ClF3N2O2. The van der Waals surface area contributed by atoms with Crippen LogP contribution < -0.4 is 10.1 Å². The van der Waals surface area contributed by atoms with Crippen LogP contribution in [-0.2, 0) is 11.0 Å². The number of alkyl halides is 3. The standard InChI is InChI=1S/C20H22ClF3N2O2/c1-13-6-4-5-7-18(13)28-11-10-26(3)14(2)19(27)25-17-9-8-15(21)12-16(17)20(22,23)24/h4-9,12,14H,10-11H2,1-3H3,(H,25,27). The summed E-state index contributed by atoms with van der Waals surface area (Å²) in [6, 6.07) is 10.1. The van der Waals surface area contributed by atoms with Crippen LogP contribution in [0.3, 0.4) is 0 Å². The molecule has 0 aromatic heterocycles. The van der Waals surface area contributed by atoms with Crippen LogP contribution >= 0.6 is 11.6 Å². The summed E-state index contributed by atoms with van der Waals surface area (Å²) < 4.78 is 45.2. The molecule has 152 valence electrons. The van der Waals surface area contributed by atoms with Gasteiger partial charge in [0.15, 0.2) is 0 Å². The molecule has 0 radical (unpaired) electrons. The third kappa shape index (κ3) is 5.87. The summed E-state index contributed by atoms with van der Waals surface area (Å²) in [5.41, 5.74) is -0.303. The molecule has 0 heterocycles. The molecule has 0 fully saturated rings. The van der Waals surface area contributed by atoms with Crippen molar-refractivity contribution in [2.24, 2.45) is 0 Å². The van der Waals surface area contributed by atoms with Gasteiger partial charge < -0.3 is 10.1 Å². The third-order valence-electron chi connectivity index (χ3n) is 4.38. The lowest BCUT2D eigenvalue weighted by Gasteiger charge is -2.24. The molecular weight excluding hydrogens is 393 g/mol. The number of aryl methyl sites for hydroxylation is 1. The zero-order valence-corrected chi connectivity index (χ0v) is 16.6. The van der Waals surface area contributed by atoms with Crippen LogP contribution in [0.5, 0.6) is 5.75 Å². The van der Waals surface area contributed by atoms with Gasteiger partial charge >= 0.3 is 6.18 Å². The van der Waals surface area contributed by atoms with Crippen molar-refractivity contribution in [3.05, 3.63) is 58.6 Å². The molecule has 2 aromatic rings. The van der Waals surface area contributed by atoms with Crippen LogP contribution in [0, 0.1) is 6.92 Å². The molecule has 1 atom stereocenters. The maximum Gasteiger partial charge on any atom is 0.418 e. The fourth-order valence-corrected chi connectivity index (χ4v) is 2.68. The first kappa shape index (κ1) is 22.0. The Labute approximate surface area is 167 Å². The van der Waals surface area contributed by atoms with E-state index in [2.05, 4.69) is 5.32 Å². The number of likely N-dealkylation sites (N-methyl/N-ethyl adjacent to an activating group) is 1. The Morgan fingerprint density at radius 1 is 1.25 bits per heavy atom. The summed E-state index contributed by atoms with van der Waals surface area (Å²) in [5.74, 6) is 0.204. The van der Waals surface area contributed by atoms with Gasteiger partial charge in [0.2, 0.25) is 5.91 Å². The van der Waals surface area contributed by atoms with Gasteiger partial charge in [0, 0.05) is 11.6 Å². The van der Waals surface area contributed by atoms with Crippen LogP contribution in [0.2, 0.25) is 5.02 Å². The topological polar surface area (TPSA) is 41.6 Å². The van der Waals surface area contributed by atoms with E-state index >= 15 is 0 Å². The van der Waals surface area contributed by atoms with Crippen LogP contribution in [0.25, 0.3) is 0 Å². The van der Waals surface area contributed by atoms with Crippen LogP contribution in [-0.4, -0.2) is 37.0 Å². The highest BCUT2D eigenvalue weighted by Gasteiger charge is 2.34. The van der Waals surface area contributed by atoms with Crippen molar-refractivity contribution in [2.45, 2.75) is 26.1 Å². The minimum Gasteiger partial charge on any atom is -0.492 e. The molecule has 28 heavy (non-hydrogen) atoms. The van der Waals surface area contributed by atoms with E-state index in [0.717, 1.165) is 23.4 Å². The normalized spacial score (nSPS) is 12.7. The number of benzene rings is 2. The number of carbonyl (C=O) groups is 1. The number of halogens is 4. The molecule has 4 nitrogen and oxygen atoms in total. The van der Waals surface area contributed by atoms with E-state index in [9.17, 15) is 18.0 Å². The molecule has 0 aliphatic carbocycles. The van der Waals surface area contributed by atoms with Gasteiger partial charge in [0.1, 0.15) is 12.4 Å². The summed E-state index contributed by atoms with van der Waals surface area (Å²) >= 11 is 5.66. The third-order valence-corrected chi connectivity index (χ3v) is 4.62. The van der Waals surface area contributed by atoms with Crippen molar-refractivity contribution >= 4 is 23.2 Å². The molecule has 2 rings (SSSR count). The quantitative estimate of drug-likeness (QED) is 0.692. The Morgan fingerprint density at radius 3 is 2.57 bits per heavy atom. The van der Waals surface area contributed by atoms with E-state index in [1.165, 1.54) is 6.07 Å². The number of para-hydroxylation sites is 1. The average Bonchev–Trinajstić information content (AvgIpc) is 2.63. The van der Waals surface area contributed by atoms with Crippen molar-refractivity contribution in [3.63, 3.8) is 0 Å². The second kappa shape index (κ2) is 9.30.